The summed E-state index contributed by atoms with van der Waals surface area (Å²) in [6, 6.07) is 0. The first-order chi connectivity index (χ1) is 25.6. The molecule has 6 rings (SSSR count). The number of nitrogens with two attached hydrogens (primary N) is 2. The predicted octanol–water partition coefficient (Wildman–Crippen LogP) is -16.2. The van der Waals surface area contributed by atoms with Crippen LogP contribution in [0.1, 0.15) is 12.5 Å². The first kappa shape index (κ1) is 56.5. The number of phosphoric acid groups is 4. The van der Waals surface area contributed by atoms with Gasteiger partial charge in [-0.15, -0.1) is 0 Å². The fourth-order valence-corrected chi connectivity index (χ4v) is 10.3. The Hall–Kier alpha value is 1.37. The third kappa shape index (κ3) is 13.3. The van der Waals surface area contributed by atoms with Crippen LogP contribution in [0.3, 0.4) is 0 Å². The maximum absolute atomic E-state index is 12.3. The Balaban J connectivity index is 0.00000300. The smallest absolute Gasteiger partial charge is 0.756 e. The Morgan fingerprint density at radius 2 is 1.08 bits per heavy atom. The van der Waals surface area contributed by atoms with Crippen LogP contribution in [0.5, 0.6) is 0 Å². The summed E-state index contributed by atoms with van der Waals surface area (Å²) >= 11 is 1.12. The summed E-state index contributed by atoms with van der Waals surface area (Å²) in [5.74, 6) is -0.0595. The predicted molar refractivity (Wildman–Crippen MR) is 169 cm³/mol. The zero-order valence-electron chi connectivity index (χ0n) is 31.1. The molecule has 304 valence electrons. The van der Waals surface area contributed by atoms with Crippen molar-refractivity contribution in [2.24, 2.45) is 0 Å². The van der Waals surface area contributed by atoms with Gasteiger partial charge in [-0.25, -0.2) is 42.8 Å². The summed E-state index contributed by atoms with van der Waals surface area (Å²) in [4.78, 5) is 72.8. The van der Waals surface area contributed by atoms with Gasteiger partial charge in [0.15, 0.2) is 40.5 Å². The normalized spacial score (nSPS) is 28.2. The van der Waals surface area contributed by atoms with Crippen molar-refractivity contribution in [1.29, 1.82) is 0 Å². The summed E-state index contributed by atoms with van der Waals surface area (Å²) in [5.41, 5.74) is 11.9. The van der Waals surface area contributed by atoms with Crippen LogP contribution >= 0.6 is 43.1 Å². The number of phosphoric ester groups is 2. The maximum Gasteiger partial charge on any atom is 1.00 e. The molecule has 0 radical (unpaired) electrons. The average Bonchev–Trinajstić information content (AvgIpc) is 3.83. The number of ether oxygens (including phenoxy) is 2. The molecule has 8 N–H and O–H groups in total. The summed E-state index contributed by atoms with van der Waals surface area (Å²) in [7, 11) is -25.5. The van der Waals surface area contributed by atoms with E-state index in [-0.39, 0.29) is 157 Å². The summed E-state index contributed by atoms with van der Waals surface area (Å²) in [5, 5.41) is 42.1. The van der Waals surface area contributed by atoms with Crippen molar-refractivity contribution in [3.05, 3.63) is 19.0 Å². The Morgan fingerprint density at radius 3 is 1.54 bits per heavy atom. The van der Waals surface area contributed by atoms with Gasteiger partial charge in [-0.05, 0) is 6.26 Å². The molecule has 0 saturated carbocycles. The molecule has 2 fully saturated rings. The first-order valence-corrected chi connectivity index (χ1v) is 21.8. The number of aliphatic hydroxyl groups excluding tert-OH is 4. The largest absolute Gasteiger partial charge is 1.00 e. The molecular weight excluding hydrogens is 944 g/mol. The Morgan fingerprint density at radius 1 is 0.661 bits per heavy atom. The van der Waals surface area contributed by atoms with E-state index in [9.17, 15) is 58.3 Å². The third-order valence-electron chi connectivity index (χ3n) is 7.61. The number of aromatic nitrogens is 8. The number of aliphatic hydroxyl groups is 4. The molecule has 4 aromatic rings. The maximum atomic E-state index is 12.3. The van der Waals surface area contributed by atoms with Crippen molar-refractivity contribution < 1.29 is 208 Å². The number of thioether (sulfide) groups is 1. The minimum atomic E-state index is -6.61. The number of fused-ring (bicyclic) bond motifs is 2. The van der Waals surface area contributed by atoms with Gasteiger partial charge in [0.1, 0.15) is 54.0 Å². The van der Waals surface area contributed by atoms with Gasteiger partial charge in [0, 0.05) is 0 Å². The van der Waals surface area contributed by atoms with E-state index in [1.165, 1.54) is 0 Å². The molecule has 0 bridgehead atoms. The van der Waals surface area contributed by atoms with Gasteiger partial charge < -0.3 is 70.0 Å². The number of hydrogen-bond donors (Lipinski definition) is 6. The van der Waals surface area contributed by atoms with Crippen LogP contribution in [-0.4, -0.2) is 116 Å². The average molecular weight is 970 g/mol. The van der Waals surface area contributed by atoms with Crippen LogP contribution < -0.4 is 149 Å². The molecule has 6 heterocycles. The van der Waals surface area contributed by atoms with Crippen LogP contribution in [0, 0.1) is 0 Å². The van der Waals surface area contributed by atoms with Crippen LogP contribution in [-0.2, 0) is 49.7 Å². The molecule has 0 amide bonds. The van der Waals surface area contributed by atoms with E-state index in [0.717, 1.165) is 39.9 Å². The number of rotatable bonds is 15. The van der Waals surface area contributed by atoms with Crippen molar-refractivity contribution in [2.75, 3.05) is 30.9 Å². The zero-order chi connectivity index (χ0) is 40.2. The van der Waals surface area contributed by atoms with Gasteiger partial charge in [0.2, 0.25) is 0 Å². The first-order valence-electron chi connectivity index (χ1n) is 14.8. The molecule has 0 aliphatic carbocycles. The van der Waals surface area contributed by atoms with Gasteiger partial charge in [0.05, 0.1) is 25.9 Å². The number of anilines is 2. The van der Waals surface area contributed by atoms with E-state index in [2.05, 4.69) is 51.9 Å². The topological polar surface area (TPSA) is 445 Å². The van der Waals surface area contributed by atoms with Crippen molar-refractivity contribution in [3.8, 4) is 0 Å². The molecule has 38 heteroatoms. The molecule has 12 atom stereocenters. The molecular formula is C21H26N10Na4O19P4S. The number of imidazole rings is 2. The van der Waals surface area contributed by atoms with Crippen LogP contribution in [0.2, 0.25) is 0 Å². The molecule has 4 unspecified atom stereocenters. The minimum absolute atomic E-state index is 0. The quantitative estimate of drug-likeness (QED) is 0.0279. The van der Waals surface area contributed by atoms with E-state index < -0.39 is 93.6 Å². The van der Waals surface area contributed by atoms with Crippen LogP contribution in [0.4, 0.5) is 11.6 Å². The second-order valence-corrected chi connectivity index (χ2v) is 18.0. The number of nitrogens with zero attached hydrogens (tertiary/aromatic N) is 8. The van der Waals surface area contributed by atoms with Gasteiger partial charge >= 0.3 is 118 Å². The van der Waals surface area contributed by atoms with E-state index in [4.69, 9.17) is 20.9 Å². The summed E-state index contributed by atoms with van der Waals surface area (Å²) < 4.78 is 81.6. The third-order valence-corrected chi connectivity index (χ3v) is 13.9. The molecule has 29 nitrogen and oxygen atoms in total. The fourth-order valence-electron chi connectivity index (χ4n) is 5.22. The minimum Gasteiger partial charge on any atom is -0.756 e. The Kier molecular flexibility index (Phi) is 21.3. The van der Waals surface area contributed by atoms with Crippen molar-refractivity contribution in [1.82, 2.24) is 39.0 Å². The summed E-state index contributed by atoms with van der Waals surface area (Å²) in [6.45, 7) is -2.45. The molecule has 2 aliphatic rings. The number of hydrogen-bond acceptors (Lipinski definition) is 28. The van der Waals surface area contributed by atoms with Crippen molar-refractivity contribution >= 4 is 77.0 Å². The van der Waals surface area contributed by atoms with Gasteiger partial charge in [-0.2, -0.15) is 0 Å². The van der Waals surface area contributed by atoms with Gasteiger partial charge in [-0.3, -0.25) is 27.4 Å². The van der Waals surface area contributed by atoms with Gasteiger partial charge in [0.25, 0.3) is 31.3 Å². The van der Waals surface area contributed by atoms with Crippen LogP contribution in [0.15, 0.2) is 24.1 Å². The molecule has 59 heavy (non-hydrogen) atoms. The van der Waals surface area contributed by atoms with E-state index >= 15 is 0 Å². The van der Waals surface area contributed by atoms with E-state index in [1.54, 1.807) is 6.26 Å². The van der Waals surface area contributed by atoms with E-state index in [1.807, 2.05) is 0 Å². The molecule has 4 aromatic heterocycles. The number of nitrogen functional groups attached to an aromatic ring is 2. The monoisotopic (exact) mass is 970 g/mol. The van der Waals surface area contributed by atoms with E-state index in [0.29, 0.717) is 0 Å². The molecule has 0 aromatic carbocycles. The SMILES string of the molecule is CSc1nc(N)c2ncn([C@@H]3O[C@H](COP(=O)([O-])OP(=O)([O-])OP(=O)([O-])OP(=O)([O-])OC[C@H]4O[C@@H](n5cnc6c(N)ncnc65)[C@H](O)[C@@H]4O)[C@@H](O)[C@H]3O)c2n1.[Na+].[Na+].[Na+].[Na+]. The summed E-state index contributed by atoms with van der Waals surface area (Å²) in [6.07, 6.45) is -8.60. The molecule has 2 saturated heterocycles. The zero-order valence-corrected chi connectivity index (χ0v) is 43.5. The van der Waals surface area contributed by atoms with Crippen molar-refractivity contribution in [2.45, 2.75) is 54.2 Å². The molecule has 2 aliphatic heterocycles. The fraction of sp³-hybridized carbons (Fsp3) is 0.524. The Labute approximate surface area is 423 Å². The standard InChI is InChI=1S/C21H30N10O19P4S.4Na/c1-55-21-28-16(23)10-18(29-21)31(6-27-10)20-14(35)12(33)8(47-20)3-45-52(38,39)49-54(42,43)50-53(40,41)48-51(36,37)44-2-7-11(32)13(34)19(46-7)30-5-26-9-15(22)24-4-25-17(9)30;;;;/h4-8,11-14,19-20,32-35H,2-3H2,1H3,(H,36,37)(H,38,39)(H,40,41)(H,42,43)(H2,22,24,25)(H2,23,28,29);;;;/q;4*+1/p-4/t7-,8-,11-,12-,13-,14-,19-,20-;;;;/m1..../s1. The second-order valence-electron chi connectivity index (χ2n) is 11.2. The van der Waals surface area contributed by atoms with Crippen LogP contribution in [0.25, 0.3) is 22.3 Å². The van der Waals surface area contributed by atoms with Crippen molar-refractivity contribution in [3.63, 3.8) is 0 Å². The Bertz CT molecular complexity index is 2290. The van der Waals surface area contributed by atoms with Gasteiger partial charge in [-0.1, -0.05) is 11.8 Å². The molecule has 0 spiro atoms. The second kappa shape index (κ2) is 22.2.